The number of aryl methyl sites for hydroxylation is 1. The van der Waals surface area contributed by atoms with Gasteiger partial charge in [-0.15, -0.1) is 0 Å². The quantitative estimate of drug-likeness (QED) is 0.299. The van der Waals surface area contributed by atoms with Gasteiger partial charge in [-0.3, -0.25) is 9.59 Å². The Morgan fingerprint density at radius 3 is 2.61 bits per heavy atom. The average molecular weight is 513 g/mol. The maximum absolute atomic E-state index is 13.4. The third kappa shape index (κ3) is 4.61. The van der Waals surface area contributed by atoms with E-state index in [9.17, 15) is 9.59 Å². The number of aromatic amines is 1. The number of nitrogens with zero attached hydrogens (tertiary/aromatic N) is 1. The van der Waals surface area contributed by atoms with Crippen molar-refractivity contribution in [2.45, 2.75) is 31.6 Å². The number of anilines is 1. The predicted molar refractivity (Wildman–Crippen MR) is 148 cm³/mol. The summed E-state index contributed by atoms with van der Waals surface area (Å²) in [6.07, 6.45) is 5.66. The third-order valence-electron chi connectivity index (χ3n) is 7.30. The van der Waals surface area contributed by atoms with Crippen molar-refractivity contribution in [3.05, 3.63) is 95.6 Å². The Hall–Kier alpha value is -4.59. The van der Waals surface area contributed by atoms with E-state index in [1.165, 1.54) is 0 Å². The summed E-state index contributed by atoms with van der Waals surface area (Å²) in [5, 5.41) is 6.07. The van der Waals surface area contributed by atoms with Crippen LogP contribution in [0.1, 0.15) is 42.9 Å². The molecular weight excluding hydrogens is 480 g/mol. The van der Waals surface area contributed by atoms with Crippen LogP contribution in [0.5, 0.6) is 11.5 Å². The molecule has 0 radical (unpaired) electrons. The van der Waals surface area contributed by atoms with Crippen LogP contribution in [0.2, 0.25) is 0 Å². The Morgan fingerprint density at radius 1 is 1.03 bits per heavy atom. The maximum Gasteiger partial charge on any atom is 0.251 e. The van der Waals surface area contributed by atoms with Gasteiger partial charge in [0.25, 0.3) is 5.91 Å². The Kier molecular flexibility index (Phi) is 6.07. The second kappa shape index (κ2) is 9.70. The van der Waals surface area contributed by atoms with Gasteiger partial charge in [-0.25, -0.2) is 4.98 Å². The van der Waals surface area contributed by atoms with Crippen molar-refractivity contribution < 1.29 is 21.9 Å². The van der Waals surface area contributed by atoms with E-state index in [4.69, 9.17) is 9.47 Å². The van der Waals surface area contributed by atoms with Crippen molar-refractivity contribution in [2.24, 2.45) is 0 Å². The number of amides is 2. The number of rotatable bonds is 8. The Labute approximate surface area is 223 Å². The second-order valence-corrected chi connectivity index (χ2v) is 9.79. The van der Waals surface area contributed by atoms with Gasteiger partial charge in [0.2, 0.25) is 12.7 Å². The van der Waals surface area contributed by atoms with Crippen LogP contribution in [0.3, 0.4) is 0 Å². The van der Waals surface area contributed by atoms with E-state index in [1.54, 1.807) is 12.5 Å². The minimum absolute atomic E-state index is 0. The maximum atomic E-state index is 13.4. The summed E-state index contributed by atoms with van der Waals surface area (Å²) in [6, 6.07) is 19.2. The standard InChI is InChI=1S/C30H28N4O4.2H2/c1-19-2-8-23(34-29(36)30(11-12-30)22-7-9-26-27(14-22)38-18-37-26)15-25(19)20-3-5-21(6-4-20)28(35)32-13-10-24-16-31-17-33-24;;/h2-9,14-17H,10-13,18H2,1H3,(H,31,33)(H,32,35)(H,34,36);2*1H. The highest BCUT2D eigenvalue weighted by Gasteiger charge is 2.51. The molecule has 1 aliphatic carbocycles. The average Bonchev–Trinajstić information content (AvgIpc) is 3.33. The molecule has 8 nitrogen and oxygen atoms in total. The van der Waals surface area contributed by atoms with Gasteiger partial charge in [0.1, 0.15) is 0 Å². The van der Waals surface area contributed by atoms with Crippen LogP contribution in [0, 0.1) is 6.92 Å². The molecule has 0 unspecified atom stereocenters. The summed E-state index contributed by atoms with van der Waals surface area (Å²) >= 11 is 0. The summed E-state index contributed by atoms with van der Waals surface area (Å²) in [7, 11) is 0. The van der Waals surface area contributed by atoms with Crippen LogP contribution >= 0.6 is 0 Å². The molecule has 3 aromatic carbocycles. The van der Waals surface area contributed by atoms with Crippen molar-refractivity contribution in [3.8, 4) is 22.6 Å². The number of hydrogen-bond acceptors (Lipinski definition) is 5. The number of imidazole rings is 1. The van der Waals surface area contributed by atoms with E-state index in [0.717, 1.165) is 46.5 Å². The van der Waals surface area contributed by atoms with E-state index in [-0.39, 0.29) is 21.5 Å². The van der Waals surface area contributed by atoms with Gasteiger partial charge in [-0.2, -0.15) is 0 Å². The summed E-state index contributed by atoms with van der Waals surface area (Å²) in [5.74, 6) is 1.26. The molecule has 3 N–H and O–H groups in total. The van der Waals surface area contributed by atoms with E-state index in [2.05, 4.69) is 20.6 Å². The number of ether oxygens (including phenoxy) is 2. The minimum atomic E-state index is -0.543. The lowest BCUT2D eigenvalue weighted by Gasteiger charge is -2.17. The number of carbonyl (C=O) groups is 2. The third-order valence-corrected chi connectivity index (χ3v) is 7.30. The number of benzene rings is 3. The topological polar surface area (TPSA) is 105 Å². The van der Waals surface area contributed by atoms with Gasteiger partial charge in [0, 0.05) is 39.0 Å². The molecule has 0 spiro atoms. The second-order valence-electron chi connectivity index (χ2n) is 9.79. The zero-order valence-electron chi connectivity index (χ0n) is 21.0. The lowest BCUT2D eigenvalue weighted by atomic mass is 9.94. The molecule has 6 rings (SSSR count). The first-order valence-electron chi connectivity index (χ1n) is 12.7. The molecule has 4 aromatic rings. The summed E-state index contributed by atoms with van der Waals surface area (Å²) in [5.41, 5.74) is 5.78. The molecular formula is C30H32N4O4. The summed E-state index contributed by atoms with van der Waals surface area (Å²) in [4.78, 5) is 32.9. The molecule has 1 aromatic heterocycles. The fourth-order valence-electron chi connectivity index (χ4n) is 4.86. The molecule has 8 heteroatoms. The molecule has 0 saturated heterocycles. The highest BCUT2D eigenvalue weighted by molar-refractivity contribution is 6.02. The number of nitrogens with one attached hydrogen (secondary N) is 3. The molecule has 0 bridgehead atoms. The fraction of sp³-hybridized carbons (Fsp3) is 0.233. The van der Waals surface area contributed by atoms with Gasteiger partial charge in [-0.05, 0) is 78.4 Å². The first-order chi connectivity index (χ1) is 18.5. The Morgan fingerprint density at radius 2 is 1.84 bits per heavy atom. The molecule has 1 aliphatic heterocycles. The number of carbonyl (C=O) groups excluding carboxylic acids is 2. The number of H-pyrrole nitrogens is 1. The largest absolute Gasteiger partial charge is 0.454 e. The number of aromatic nitrogens is 2. The normalized spacial score (nSPS) is 14.7. The van der Waals surface area contributed by atoms with Gasteiger partial charge in [0.05, 0.1) is 11.7 Å². The van der Waals surface area contributed by atoms with Gasteiger partial charge < -0.3 is 25.1 Å². The van der Waals surface area contributed by atoms with Crippen molar-refractivity contribution in [2.75, 3.05) is 18.7 Å². The van der Waals surface area contributed by atoms with Gasteiger partial charge in [0.15, 0.2) is 11.5 Å². The predicted octanol–water partition coefficient (Wildman–Crippen LogP) is 5.25. The van der Waals surface area contributed by atoms with Crippen molar-refractivity contribution in [3.63, 3.8) is 0 Å². The van der Waals surface area contributed by atoms with E-state index in [1.807, 2.05) is 67.6 Å². The molecule has 2 aliphatic rings. The highest BCUT2D eigenvalue weighted by Crippen LogP contribution is 2.51. The fourth-order valence-corrected chi connectivity index (χ4v) is 4.86. The van der Waals surface area contributed by atoms with Crippen molar-refractivity contribution >= 4 is 17.5 Å². The zero-order chi connectivity index (χ0) is 26.1. The Bertz CT molecular complexity index is 1500. The smallest absolute Gasteiger partial charge is 0.251 e. The highest BCUT2D eigenvalue weighted by atomic mass is 16.7. The molecule has 38 heavy (non-hydrogen) atoms. The van der Waals surface area contributed by atoms with E-state index in [0.29, 0.717) is 30.0 Å². The van der Waals surface area contributed by atoms with Crippen molar-refractivity contribution in [1.29, 1.82) is 0 Å². The molecule has 1 fully saturated rings. The van der Waals surface area contributed by atoms with Gasteiger partial charge in [-0.1, -0.05) is 24.3 Å². The van der Waals surface area contributed by atoms with Crippen LogP contribution in [-0.2, 0) is 16.6 Å². The number of hydrogen-bond donors (Lipinski definition) is 3. The van der Waals surface area contributed by atoms with Crippen LogP contribution in [0.4, 0.5) is 5.69 Å². The zero-order valence-corrected chi connectivity index (χ0v) is 21.0. The lowest BCUT2D eigenvalue weighted by molar-refractivity contribution is -0.118. The van der Waals surface area contributed by atoms with Gasteiger partial charge >= 0.3 is 0 Å². The first kappa shape index (κ1) is 23.8. The Balaban J connectivity index is 0.00000185. The van der Waals surface area contributed by atoms with Crippen LogP contribution < -0.4 is 20.1 Å². The van der Waals surface area contributed by atoms with Crippen LogP contribution in [0.25, 0.3) is 11.1 Å². The van der Waals surface area contributed by atoms with E-state index >= 15 is 0 Å². The van der Waals surface area contributed by atoms with Crippen LogP contribution in [-0.4, -0.2) is 35.1 Å². The SMILES string of the molecule is Cc1ccc(NC(=O)C2(c3ccc4c(c3)OCO4)CC2)cc1-c1ccc(C(=O)NCCc2cnc[nH]2)cc1.[HH].[HH]. The lowest BCUT2D eigenvalue weighted by Crippen LogP contribution is -2.27. The molecule has 2 heterocycles. The first-order valence-corrected chi connectivity index (χ1v) is 12.7. The summed E-state index contributed by atoms with van der Waals surface area (Å²) < 4.78 is 10.9. The number of fused-ring (bicyclic) bond motifs is 1. The molecule has 196 valence electrons. The molecule has 2 amide bonds. The van der Waals surface area contributed by atoms with E-state index < -0.39 is 5.41 Å². The minimum Gasteiger partial charge on any atom is -0.454 e. The molecule has 0 atom stereocenters. The molecule has 1 saturated carbocycles. The van der Waals surface area contributed by atoms with Crippen molar-refractivity contribution in [1.82, 2.24) is 15.3 Å². The van der Waals surface area contributed by atoms with Crippen LogP contribution in [0.15, 0.2) is 73.2 Å². The summed E-state index contributed by atoms with van der Waals surface area (Å²) in [6.45, 7) is 2.77. The monoisotopic (exact) mass is 512 g/mol.